The standard InChI is InChI=1S/C12H20FNO4/c1-11(2,3)18-10(17)14-8-4-6-12(13,7-5-8)9(15)16/h8H,4-7H2,1-3H3,(H,14,17)(H,15,16). The van der Waals surface area contributed by atoms with Gasteiger partial charge in [0.05, 0.1) is 0 Å². The van der Waals surface area contributed by atoms with Crippen molar-refractivity contribution in [2.24, 2.45) is 0 Å². The minimum absolute atomic E-state index is 0.0806. The smallest absolute Gasteiger partial charge is 0.407 e. The first-order chi connectivity index (χ1) is 8.12. The predicted molar refractivity (Wildman–Crippen MR) is 63.1 cm³/mol. The lowest BCUT2D eigenvalue weighted by atomic mass is 9.83. The van der Waals surface area contributed by atoms with E-state index in [0.29, 0.717) is 12.8 Å². The summed E-state index contributed by atoms with van der Waals surface area (Å²) in [5.74, 6) is -1.42. The quantitative estimate of drug-likeness (QED) is 0.799. The van der Waals surface area contributed by atoms with Crippen LogP contribution in [0.15, 0.2) is 0 Å². The highest BCUT2D eigenvalue weighted by Crippen LogP contribution is 2.32. The monoisotopic (exact) mass is 261 g/mol. The Hall–Kier alpha value is -1.33. The van der Waals surface area contributed by atoms with Gasteiger partial charge >= 0.3 is 12.1 Å². The van der Waals surface area contributed by atoms with Gasteiger partial charge in [0.1, 0.15) is 5.60 Å². The molecule has 1 amide bonds. The van der Waals surface area contributed by atoms with Crippen molar-refractivity contribution in [3.05, 3.63) is 0 Å². The highest BCUT2D eigenvalue weighted by molar-refractivity contribution is 5.77. The zero-order valence-electron chi connectivity index (χ0n) is 11.0. The fraction of sp³-hybridized carbons (Fsp3) is 0.833. The topological polar surface area (TPSA) is 75.6 Å². The second-order valence-electron chi connectivity index (χ2n) is 5.69. The molecule has 1 aliphatic carbocycles. The van der Waals surface area contributed by atoms with Gasteiger partial charge in [0.2, 0.25) is 5.67 Å². The highest BCUT2D eigenvalue weighted by atomic mass is 19.1. The maximum atomic E-state index is 13.7. The van der Waals surface area contributed by atoms with Gasteiger partial charge in [-0.25, -0.2) is 14.0 Å². The lowest BCUT2D eigenvalue weighted by molar-refractivity contribution is -0.153. The summed E-state index contributed by atoms with van der Waals surface area (Å²) >= 11 is 0. The lowest BCUT2D eigenvalue weighted by Crippen LogP contribution is -2.46. The molecular weight excluding hydrogens is 241 g/mol. The zero-order valence-corrected chi connectivity index (χ0v) is 11.0. The van der Waals surface area contributed by atoms with Crippen LogP contribution < -0.4 is 5.32 Å². The number of aliphatic carboxylic acids is 1. The van der Waals surface area contributed by atoms with E-state index in [1.54, 1.807) is 20.8 Å². The molecule has 2 N–H and O–H groups in total. The number of ether oxygens (including phenoxy) is 1. The summed E-state index contributed by atoms with van der Waals surface area (Å²) in [5, 5.41) is 11.4. The summed E-state index contributed by atoms with van der Waals surface area (Å²) in [6, 6.07) is -0.219. The number of halogens is 1. The van der Waals surface area contributed by atoms with Crippen molar-refractivity contribution < 1.29 is 23.8 Å². The third kappa shape index (κ3) is 4.16. The van der Waals surface area contributed by atoms with Gasteiger partial charge in [0.15, 0.2) is 0 Å². The van der Waals surface area contributed by atoms with E-state index in [-0.39, 0.29) is 18.9 Å². The third-order valence-corrected chi connectivity index (χ3v) is 2.88. The lowest BCUT2D eigenvalue weighted by Gasteiger charge is -2.31. The Labute approximate surface area is 106 Å². The van der Waals surface area contributed by atoms with E-state index in [1.165, 1.54) is 0 Å². The number of alkyl carbamates (subject to hydrolysis) is 1. The Morgan fingerprint density at radius 3 is 2.22 bits per heavy atom. The molecule has 0 aromatic rings. The number of carbonyl (C=O) groups is 2. The summed E-state index contributed by atoms with van der Waals surface area (Å²) in [6.07, 6.45) is -0.0930. The van der Waals surface area contributed by atoms with Crippen LogP contribution in [0.5, 0.6) is 0 Å². The van der Waals surface area contributed by atoms with Crippen molar-refractivity contribution in [1.82, 2.24) is 5.32 Å². The first-order valence-corrected chi connectivity index (χ1v) is 6.04. The molecule has 0 aromatic heterocycles. The fourth-order valence-electron chi connectivity index (χ4n) is 1.91. The van der Waals surface area contributed by atoms with Gasteiger partial charge in [-0.05, 0) is 46.5 Å². The number of nitrogens with one attached hydrogen (secondary N) is 1. The Balaban J connectivity index is 2.41. The van der Waals surface area contributed by atoms with Gasteiger partial charge in [-0.15, -0.1) is 0 Å². The Kier molecular flexibility index (Phi) is 4.19. The molecule has 0 radical (unpaired) electrons. The van der Waals surface area contributed by atoms with Crippen molar-refractivity contribution in [1.29, 1.82) is 0 Å². The van der Waals surface area contributed by atoms with Crippen LogP contribution in [-0.2, 0) is 9.53 Å². The summed E-state index contributed by atoms with van der Waals surface area (Å²) < 4.78 is 18.8. The molecule has 0 aliphatic heterocycles. The number of hydrogen-bond donors (Lipinski definition) is 2. The molecule has 0 atom stereocenters. The average Bonchev–Trinajstić information content (AvgIpc) is 2.18. The van der Waals surface area contributed by atoms with E-state index in [9.17, 15) is 14.0 Å². The number of carbonyl (C=O) groups excluding carboxylic acids is 1. The van der Waals surface area contributed by atoms with Crippen LogP contribution in [0.3, 0.4) is 0 Å². The van der Waals surface area contributed by atoms with Crippen LogP contribution in [0.25, 0.3) is 0 Å². The molecule has 0 aromatic carbocycles. The van der Waals surface area contributed by atoms with Crippen molar-refractivity contribution in [2.45, 2.75) is 63.8 Å². The van der Waals surface area contributed by atoms with E-state index >= 15 is 0 Å². The first kappa shape index (κ1) is 14.7. The predicted octanol–water partition coefficient (Wildman–Crippen LogP) is 2.25. The molecule has 0 heterocycles. The zero-order chi connectivity index (χ0) is 14.0. The number of carboxylic acids is 1. The number of alkyl halides is 1. The van der Waals surface area contributed by atoms with E-state index in [0.717, 1.165) is 0 Å². The average molecular weight is 261 g/mol. The summed E-state index contributed by atoms with van der Waals surface area (Å²) in [5.41, 5.74) is -2.73. The number of rotatable bonds is 2. The van der Waals surface area contributed by atoms with Gasteiger partial charge in [0.25, 0.3) is 0 Å². The molecule has 5 nitrogen and oxygen atoms in total. The molecule has 18 heavy (non-hydrogen) atoms. The Morgan fingerprint density at radius 2 is 1.83 bits per heavy atom. The van der Waals surface area contributed by atoms with Crippen molar-refractivity contribution in [3.8, 4) is 0 Å². The van der Waals surface area contributed by atoms with Crippen molar-refractivity contribution in [3.63, 3.8) is 0 Å². The molecule has 1 rings (SSSR count). The minimum atomic E-state index is -2.15. The van der Waals surface area contributed by atoms with E-state index in [1.807, 2.05) is 0 Å². The van der Waals surface area contributed by atoms with Gasteiger partial charge in [-0.3, -0.25) is 0 Å². The van der Waals surface area contributed by atoms with Gasteiger partial charge < -0.3 is 15.2 Å². The molecule has 1 saturated carbocycles. The van der Waals surface area contributed by atoms with E-state index in [4.69, 9.17) is 9.84 Å². The van der Waals surface area contributed by atoms with Gasteiger partial charge in [-0.1, -0.05) is 0 Å². The van der Waals surface area contributed by atoms with Gasteiger partial charge in [-0.2, -0.15) is 0 Å². The molecule has 1 fully saturated rings. The fourth-order valence-corrected chi connectivity index (χ4v) is 1.91. The van der Waals surface area contributed by atoms with E-state index in [2.05, 4.69) is 5.32 Å². The maximum Gasteiger partial charge on any atom is 0.407 e. The largest absolute Gasteiger partial charge is 0.479 e. The third-order valence-electron chi connectivity index (χ3n) is 2.88. The molecule has 0 unspecified atom stereocenters. The van der Waals surface area contributed by atoms with E-state index < -0.39 is 23.3 Å². The second kappa shape index (κ2) is 5.12. The normalized spacial score (nSPS) is 28.6. The van der Waals surface area contributed by atoms with Crippen LogP contribution in [-0.4, -0.2) is 34.5 Å². The minimum Gasteiger partial charge on any atom is -0.479 e. The molecule has 0 saturated heterocycles. The SMILES string of the molecule is CC(C)(C)OC(=O)NC1CCC(F)(C(=O)O)CC1. The highest BCUT2D eigenvalue weighted by Gasteiger charge is 2.42. The Morgan fingerprint density at radius 1 is 1.33 bits per heavy atom. The molecule has 6 heteroatoms. The van der Waals surface area contributed by atoms with Crippen LogP contribution in [0.1, 0.15) is 46.5 Å². The first-order valence-electron chi connectivity index (χ1n) is 6.04. The summed E-state index contributed by atoms with van der Waals surface area (Å²) in [4.78, 5) is 22.2. The molecule has 0 spiro atoms. The van der Waals surface area contributed by atoms with Crippen LogP contribution in [0.2, 0.25) is 0 Å². The van der Waals surface area contributed by atoms with Crippen LogP contribution in [0, 0.1) is 0 Å². The summed E-state index contributed by atoms with van der Waals surface area (Å²) in [6.45, 7) is 5.26. The van der Waals surface area contributed by atoms with Gasteiger partial charge in [0, 0.05) is 6.04 Å². The number of carboxylic acid groups (broad SMARTS) is 1. The number of amides is 1. The Bertz CT molecular complexity index is 329. The van der Waals surface area contributed by atoms with Crippen LogP contribution >= 0.6 is 0 Å². The van der Waals surface area contributed by atoms with Crippen molar-refractivity contribution >= 4 is 12.1 Å². The number of hydrogen-bond acceptors (Lipinski definition) is 3. The second-order valence-corrected chi connectivity index (χ2v) is 5.69. The summed E-state index contributed by atoms with van der Waals surface area (Å²) in [7, 11) is 0. The molecule has 104 valence electrons. The molecular formula is C12H20FNO4. The van der Waals surface area contributed by atoms with Crippen LogP contribution in [0.4, 0.5) is 9.18 Å². The van der Waals surface area contributed by atoms with Crippen molar-refractivity contribution in [2.75, 3.05) is 0 Å². The molecule has 1 aliphatic rings. The molecule has 0 bridgehead atoms. The maximum absolute atomic E-state index is 13.7.